The number of hydrogen-bond acceptors (Lipinski definition) is 4. The van der Waals surface area contributed by atoms with E-state index in [9.17, 15) is 4.79 Å². The second kappa shape index (κ2) is 9.12. The lowest BCUT2D eigenvalue weighted by Crippen LogP contribution is -2.37. The molecule has 0 aliphatic carbocycles. The lowest BCUT2D eigenvalue weighted by molar-refractivity contribution is 0.0374. The van der Waals surface area contributed by atoms with Gasteiger partial charge in [-0.3, -0.25) is 9.69 Å². The summed E-state index contributed by atoms with van der Waals surface area (Å²) in [6.07, 6.45) is 2.85. The zero-order valence-corrected chi connectivity index (χ0v) is 15.7. The molecule has 26 heavy (non-hydrogen) atoms. The first kappa shape index (κ1) is 18.8. The van der Waals surface area contributed by atoms with Gasteiger partial charge in [-0.05, 0) is 50.0 Å². The molecule has 0 amide bonds. The van der Waals surface area contributed by atoms with Gasteiger partial charge in [-0.2, -0.15) is 0 Å². The van der Waals surface area contributed by atoms with Crippen LogP contribution in [0.5, 0.6) is 0 Å². The molecule has 2 aromatic rings. The predicted molar refractivity (Wildman–Crippen MR) is 107 cm³/mol. The third-order valence-corrected chi connectivity index (χ3v) is 4.88. The molecule has 0 bridgehead atoms. The molecule has 1 aromatic heterocycles. The van der Waals surface area contributed by atoms with Crippen molar-refractivity contribution < 1.29 is 4.74 Å². The van der Waals surface area contributed by atoms with Gasteiger partial charge in [0.05, 0.1) is 18.7 Å². The van der Waals surface area contributed by atoms with Crippen molar-refractivity contribution in [3.8, 4) is 0 Å². The number of aryl methyl sites for hydroxylation is 1. The van der Waals surface area contributed by atoms with Crippen molar-refractivity contribution in [2.24, 2.45) is 0 Å². The number of morpholine rings is 1. The van der Waals surface area contributed by atoms with Crippen molar-refractivity contribution in [3.05, 3.63) is 58.4 Å². The monoisotopic (exact) mass is 355 g/mol. The summed E-state index contributed by atoms with van der Waals surface area (Å²) >= 11 is 0. The molecule has 140 valence electrons. The normalized spacial score (nSPS) is 15.4. The Balaban J connectivity index is 1.64. The number of allylic oxidation sites excluding steroid dienone is 1. The van der Waals surface area contributed by atoms with E-state index in [1.807, 2.05) is 22.8 Å². The van der Waals surface area contributed by atoms with Crippen molar-refractivity contribution in [2.75, 3.05) is 39.4 Å². The Morgan fingerprint density at radius 1 is 1.27 bits per heavy atom. The molecule has 1 saturated heterocycles. The summed E-state index contributed by atoms with van der Waals surface area (Å²) in [4.78, 5) is 15.3. The van der Waals surface area contributed by atoms with Crippen LogP contribution in [0.3, 0.4) is 0 Å². The van der Waals surface area contributed by atoms with Crippen LogP contribution < -0.4 is 10.9 Å². The number of rotatable bonds is 8. The predicted octanol–water partition coefficient (Wildman–Crippen LogP) is 2.31. The fraction of sp³-hybridized carbons (Fsp3) is 0.476. The lowest BCUT2D eigenvalue weighted by Gasteiger charge is -2.26. The van der Waals surface area contributed by atoms with Crippen LogP contribution in [0.25, 0.3) is 10.9 Å². The van der Waals surface area contributed by atoms with Gasteiger partial charge in [-0.15, -0.1) is 6.58 Å². The number of nitrogens with zero attached hydrogens (tertiary/aromatic N) is 2. The van der Waals surface area contributed by atoms with Crippen molar-refractivity contribution in [2.45, 2.75) is 26.4 Å². The average Bonchev–Trinajstić information content (AvgIpc) is 2.65. The maximum Gasteiger partial charge on any atom is 0.255 e. The first-order valence-electron chi connectivity index (χ1n) is 9.44. The molecule has 5 nitrogen and oxygen atoms in total. The minimum atomic E-state index is 0.0712. The second-order valence-electron chi connectivity index (χ2n) is 6.92. The van der Waals surface area contributed by atoms with E-state index in [-0.39, 0.29) is 5.56 Å². The van der Waals surface area contributed by atoms with E-state index in [0.29, 0.717) is 13.1 Å². The Bertz CT molecular complexity index is 807. The SMILES string of the molecule is C=CCn1c(=O)c(CNCCCN2CCOCC2)cc2cc(C)ccc21. The Labute approximate surface area is 155 Å². The number of aromatic nitrogens is 1. The fourth-order valence-electron chi connectivity index (χ4n) is 3.48. The van der Waals surface area contributed by atoms with Crippen LogP contribution in [0.15, 0.2) is 41.7 Å². The number of pyridine rings is 1. The number of ether oxygens (including phenoxy) is 1. The van der Waals surface area contributed by atoms with Gasteiger partial charge in [0, 0.05) is 31.7 Å². The third kappa shape index (κ3) is 4.61. The van der Waals surface area contributed by atoms with Crippen LogP contribution in [-0.2, 0) is 17.8 Å². The zero-order valence-electron chi connectivity index (χ0n) is 15.7. The summed E-state index contributed by atoms with van der Waals surface area (Å²) in [6, 6.07) is 8.23. The van der Waals surface area contributed by atoms with Crippen molar-refractivity contribution >= 4 is 10.9 Å². The zero-order chi connectivity index (χ0) is 18.4. The van der Waals surface area contributed by atoms with Crippen LogP contribution in [0.2, 0.25) is 0 Å². The largest absolute Gasteiger partial charge is 0.379 e. The molecular formula is C21H29N3O2. The van der Waals surface area contributed by atoms with E-state index >= 15 is 0 Å². The minimum absolute atomic E-state index is 0.0712. The van der Waals surface area contributed by atoms with Gasteiger partial charge in [0.1, 0.15) is 0 Å². The number of fused-ring (bicyclic) bond motifs is 1. The quantitative estimate of drug-likeness (QED) is 0.583. The molecule has 1 aromatic carbocycles. The van der Waals surface area contributed by atoms with E-state index in [0.717, 1.165) is 62.3 Å². The second-order valence-corrected chi connectivity index (χ2v) is 6.92. The van der Waals surface area contributed by atoms with Gasteiger partial charge < -0.3 is 14.6 Å². The fourth-order valence-corrected chi connectivity index (χ4v) is 3.48. The molecule has 0 spiro atoms. The topological polar surface area (TPSA) is 46.5 Å². The molecular weight excluding hydrogens is 326 g/mol. The number of hydrogen-bond donors (Lipinski definition) is 1. The minimum Gasteiger partial charge on any atom is -0.379 e. The highest BCUT2D eigenvalue weighted by molar-refractivity contribution is 5.80. The van der Waals surface area contributed by atoms with Gasteiger partial charge in [0.15, 0.2) is 0 Å². The molecule has 0 unspecified atom stereocenters. The Morgan fingerprint density at radius 3 is 2.85 bits per heavy atom. The maximum absolute atomic E-state index is 12.8. The van der Waals surface area contributed by atoms with E-state index in [1.165, 1.54) is 5.56 Å². The van der Waals surface area contributed by atoms with Crippen LogP contribution in [0.4, 0.5) is 0 Å². The Hall–Kier alpha value is -1.95. The summed E-state index contributed by atoms with van der Waals surface area (Å²) in [7, 11) is 0. The smallest absolute Gasteiger partial charge is 0.255 e. The molecule has 0 saturated carbocycles. The molecule has 1 aliphatic rings. The van der Waals surface area contributed by atoms with Gasteiger partial charge >= 0.3 is 0 Å². The average molecular weight is 355 g/mol. The van der Waals surface area contributed by atoms with Gasteiger partial charge in [-0.1, -0.05) is 17.7 Å². The maximum atomic E-state index is 12.8. The van der Waals surface area contributed by atoms with Crippen molar-refractivity contribution in [3.63, 3.8) is 0 Å². The molecule has 3 rings (SSSR count). The van der Waals surface area contributed by atoms with Gasteiger partial charge in [0.25, 0.3) is 5.56 Å². The van der Waals surface area contributed by atoms with Crippen LogP contribution in [0, 0.1) is 6.92 Å². The molecule has 1 N–H and O–H groups in total. The summed E-state index contributed by atoms with van der Waals surface area (Å²) in [5.41, 5.74) is 3.06. The molecule has 1 aliphatic heterocycles. The van der Waals surface area contributed by atoms with Crippen molar-refractivity contribution in [1.29, 1.82) is 0 Å². The lowest BCUT2D eigenvalue weighted by atomic mass is 10.1. The van der Waals surface area contributed by atoms with E-state index in [2.05, 4.69) is 29.8 Å². The van der Waals surface area contributed by atoms with E-state index < -0.39 is 0 Å². The van der Waals surface area contributed by atoms with Crippen LogP contribution in [0.1, 0.15) is 17.5 Å². The van der Waals surface area contributed by atoms with Crippen LogP contribution >= 0.6 is 0 Å². The van der Waals surface area contributed by atoms with E-state index in [1.54, 1.807) is 6.08 Å². The Morgan fingerprint density at radius 2 is 2.08 bits per heavy atom. The number of nitrogens with one attached hydrogen (secondary N) is 1. The molecule has 5 heteroatoms. The first-order chi connectivity index (χ1) is 12.7. The first-order valence-corrected chi connectivity index (χ1v) is 9.44. The standard InChI is InChI=1S/C21H29N3O2/c1-3-8-24-20-6-5-17(2)14-18(20)15-19(21(24)25)16-22-7-4-9-23-10-12-26-13-11-23/h3,5-6,14-15,22H,1,4,7-13,16H2,2H3. The van der Waals surface area contributed by atoms with E-state index in [4.69, 9.17) is 4.74 Å². The summed E-state index contributed by atoms with van der Waals surface area (Å²) in [5, 5.41) is 4.54. The van der Waals surface area contributed by atoms with Crippen LogP contribution in [-0.4, -0.2) is 48.9 Å². The highest BCUT2D eigenvalue weighted by Crippen LogP contribution is 2.16. The highest BCUT2D eigenvalue weighted by Gasteiger charge is 2.10. The molecule has 1 fully saturated rings. The summed E-state index contributed by atoms with van der Waals surface area (Å²) in [5.74, 6) is 0. The third-order valence-electron chi connectivity index (χ3n) is 4.88. The van der Waals surface area contributed by atoms with Gasteiger partial charge in [-0.25, -0.2) is 0 Å². The van der Waals surface area contributed by atoms with Gasteiger partial charge in [0.2, 0.25) is 0 Å². The Kier molecular flexibility index (Phi) is 6.61. The van der Waals surface area contributed by atoms with Crippen molar-refractivity contribution in [1.82, 2.24) is 14.8 Å². The number of benzene rings is 1. The molecule has 2 heterocycles. The summed E-state index contributed by atoms with van der Waals surface area (Å²) < 4.78 is 7.18. The molecule has 0 radical (unpaired) electrons. The summed E-state index contributed by atoms with van der Waals surface area (Å²) in [6.45, 7) is 12.7. The highest BCUT2D eigenvalue weighted by atomic mass is 16.5. The molecule has 0 atom stereocenters.